The maximum atomic E-state index is 8.95. The Morgan fingerprint density at radius 1 is 1.03 bits per heavy atom. The second-order valence-corrected chi connectivity index (χ2v) is 8.76. The van der Waals surface area contributed by atoms with Gasteiger partial charge in [-0.1, -0.05) is 12.1 Å². The number of aryl methyl sites for hydroxylation is 2. The van der Waals surface area contributed by atoms with Crippen molar-refractivity contribution in [2.24, 2.45) is 0 Å². The van der Waals surface area contributed by atoms with Crippen molar-refractivity contribution in [3.05, 3.63) is 70.9 Å². The summed E-state index contributed by atoms with van der Waals surface area (Å²) in [5, 5.41) is 15.6. The van der Waals surface area contributed by atoms with Gasteiger partial charge in [-0.15, -0.1) is 0 Å². The molecule has 0 spiro atoms. The molecule has 4 rings (SSSR count). The molecule has 1 aliphatic rings. The minimum atomic E-state index is 0.265. The Hall–Kier alpha value is -3.47. The fourth-order valence-electron chi connectivity index (χ4n) is 4.39. The van der Waals surface area contributed by atoms with Crippen LogP contribution in [0.3, 0.4) is 0 Å². The molecule has 0 saturated carbocycles. The molecular weight excluding hydrogens is 412 g/mol. The van der Waals surface area contributed by atoms with Crippen molar-refractivity contribution in [3.8, 4) is 6.07 Å². The zero-order chi connectivity index (χ0) is 23.4. The van der Waals surface area contributed by atoms with Gasteiger partial charge in [0, 0.05) is 37.2 Å². The third-order valence-electron chi connectivity index (χ3n) is 5.67. The number of aromatic nitrogens is 2. The van der Waals surface area contributed by atoms with E-state index in [0.717, 1.165) is 36.8 Å². The van der Waals surface area contributed by atoms with Crippen LogP contribution in [0.15, 0.2) is 48.7 Å². The number of anilines is 4. The number of nitrogens with zero attached hydrogens (tertiary/aromatic N) is 4. The van der Waals surface area contributed by atoms with E-state index in [1.54, 1.807) is 18.3 Å². The van der Waals surface area contributed by atoms with Gasteiger partial charge in [0.05, 0.1) is 23.8 Å². The monoisotopic (exact) mass is 442 g/mol. The molecular formula is C26H30N6O. The van der Waals surface area contributed by atoms with Crippen LogP contribution in [-0.4, -0.2) is 40.2 Å². The standard InChI is InChI=1S/C26H30N6O/c1-17-11-22(16-32-14-19(3)33-20(4)15-32)12-18(2)25(17)30-24-9-10-28-26(31-24)29-23-7-5-21(13-27)6-8-23/h5-12,19-20H,14-16H2,1-4H3,(H2,28,29,30,31). The number of rotatable bonds is 6. The van der Waals surface area contributed by atoms with Gasteiger partial charge >= 0.3 is 0 Å². The highest BCUT2D eigenvalue weighted by Crippen LogP contribution is 2.27. The van der Waals surface area contributed by atoms with Gasteiger partial charge in [0.15, 0.2) is 0 Å². The lowest BCUT2D eigenvalue weighted by atomic mass is 10.0. The maximum Gasteiger partial charge on any atom is 0.229 e. The second-order valence-electron chi connectivity index (χ2n) is 8.76. The van der Waals surface area contributed by atoms with Crippen LogP contribution in [0.4, 0.5) is 23.1 Å². The quantitative estimate of drug-likeness (QED) is 0.552. The van der Waals surface area contributed by atoms with Gasteiger partial charge in [-0.3, -0.25) is 4.90 Å². The fraction of sp³-hybridized carbons (Fsp3) is 0.346. The largest absolute Gasteiger partial charge is 0.373 e. The van der Waals surface area contributed by atoms with E-state index in [9.17, 15) is 0 Å². The maximum absolute atomic E-state index is 8.95. The summed E-state index contributed by atoms with van der Waals surface area (Å²) in [4.78, 5) is 11.4. The van der Waals surface area contributed by atoms with E-state index in [0.29, 0.717) is 11.5 Å². The highest BCUT2D eigenvalue weighted by molar-refractivity contribution is 5.66. The molecule has 170 valence electrons. The van der Waals surface area contributed by atoms with E-state index in [1.165, 1.54) is 16.7 Å². The van der Waals surface area contributed by atoms with Gasteiger partial charge in [-0.2, -0.15) is 10.2 Å². The fourth-order valence-corrected chi connectivity index (χ4v) is 4.39. The average Bonchev–Trinajstić information content (AvgIpc) is 2.76. The average molecular weight is 443 g/mol. The summed E-state index contributed by atoms with van der Waals surface area (Å²) in [5.41, 5.74) is 6.17. The van der Waals surface area contributed by atoms with Crippen molar-refractivity contribution < 1.29 is 4.74 Å². The third-order valence-corrected chi connectivity index (χ3v) is 5.67. The molecule has 0 amide bonds. The lowest BCUT2D eigenvalue weighted by Crippen LogP contribution is -2.44. The summed E-state index contributed by atoms with van der Waals surface area (Å²) < 4.78 is 5.86. The van der Waals surface area contributed by atoms with E-state index >= 15 is 0 Å². The Morgan fingerprint density at radius 3 is 2.33 bits per heavy atom. The van der Waals surface area contributed by atoms with Gasteiger partial charge in [0.25, 0.3) is 0 Å². The van der Waals surface area contributed by atoms with Crippen molar-refractivity contribution in [1.82, 2.24) is 14.9 Å². The first-order chi connectivity index (χ1) is 15.9. The Labute approximate surface area is 195 Å². The molecule has 1 aliphatic heterocycles. The summed E-state index contributed by atoms with van der Waals surface area (Å²) in [5.74, 6) is 1.21. The summed E-state index contributed by atoms with van der Waals surface area (Å²) in [6.07, 6.45) is 2.25. The minimum Gasteiger partial charge on any atom is -0.373 e. The molecule has 2 heterocycles. The molecule has 2 aromatic carbocycles. The molecule has 2 N–H and O–H groups in total. The zero-order valence-corrected chi connectivity index (χ0v) is 19.6. The van der Waals surface area contributed by atoms with Gasteiger partial charge in [0.1, 0.15) is 5.82 Å². The molecule has 0 bridgehead atoms. The summed E-state index contributed by atoms with van der Waals surface area (Å²) in [7, 11) is 0. The molecule has 7 heteroatoms. The van der Waals surface area contributed by atoms with Crippen molar-refractivity contribution in [1.29, 1.82) is 5.26 Å². The van der Waals surface area contributed by atoms with E-state index < -0.39 is 0 Å². The number of ether oxygens (including phenoxy) is 1. The molecule has 2 unspecified atom stereocenters. The molecule has 1 fully saturated rings. The molecule has 1 aromatic heterocycles. The normalized spacial score (nSPS) is 18.5. The minimum absolute atomic E-state index is 0.265. The molecule has 7 nitrogen and oxygen atoms in total. The molecule has 0 aliphatic carbocycles. The van der Waals surface area contributed by atoms with Crippen molar-refractivity contribution in [2.45, 2.75) is 46.4 Å². The number of benzene rings is 2. The predicted octanol–water partition coefficient (Wildman–Crippen LogP) is 5.06. The van der Waals surface area contributed by atoms with E-state index in [-0.39, 0.29) is 12.2 Å². The number of morpholine rings is 1. The SMILES string of the molecule is Cc1cc(CN2CC(C)OC(C)C2)cc(C)c1Nc1ccnc(Nc2ccc(C#N)cc2)n1. The lowest BCUT2D eigenvalue weighted by Gasteiger charge is -2.35. The summed E-state index contributed by atoms with van der Waals surface area (Å²) in [6.45, 7) is 11.4. The Kier molecular flexibility index (Phi) is 6.87. The van der Waals surface area contributed by atoms with Gasteiger partial charge < -0.3 is 15.4 Å². The van der Waals surface area contributed by atoms with Crippen LogP contribution >= 0.6 is 0 Å². The Morgan fingerprint density at radius 2 is 1.70 bits per heavy atom. The van der Waals surface area contributed by atoms with E-state index in [4.69, 9.17) is 10.00 Å². The summed E-state index contributed by atoms with van der Waals surface area (Å²) >= 11 is 0. The molecule has 0 radical (unpaired) electrons. The highest BCUT2D eigenvalue weighted by Gasteiger charge is 2.22. The van der Waals surface area contributed by atoms with Gasteiger partial charge in [0.2, 0.25) is 5.95 Å². The molecule has 2 atom stereocenters. The van der Waals surface area contributed by atoms with E-state index in [1.807, 2.05) is 18.2 Å². The topological polar surface area (TPSA) is 86.1 Å². The van der Waals surface area contributed by atoms with Crippen LogP contribution in [0.25, 0.3) is 0 Å². The van der Waals surface area contributed by atoms with Crippen molar-refractivity contribution >= 4 is 23.1 Å². The highest BCUT2D eigenvalue weighted by atomic mass is 16.5. The Bertz CT molecular complexity index is 1120. The second kappa shape index (κ2) is 9.99. The lowest BCUT2D eigenvalue weighted by molar-refractivity contribution is -0.0704. The zero-order valence-electron chi connectivity index (χ0n) is 19.6. The number of hydrogen-bond acceptors (Lipinski definition) is 7. The first kappa shape index (κ1) is 22.7. The number of nitrogens with one attached hydrogen (secondary N) is 2. The Balaban J connectivity index is 1.46. The van der Waals surface area contributed by atoms with E-state index in [2.05, 4.69) is 71.4 Å². The van der Waals surface area contributed by atoms with Crippen molar-refractivity contribution in [2.75, 3.05) is 23.7 Å². The summed E-state index contributed by atoms with van der Waals surface area (Å²) in [6, 6.07) is 15.7. The van der Waals surface area contributed by atoms with Gasteiger partial charge in [-0.05, 0) is 74.7 Å². The predicted molar refractivity (Wildman–Crippen MR) is 131 cm³/mol. The molecule has 1 saturated heterocycles. The third kappa shape index (κ3) is 5.86. The smallest absolute Gasteiger partial charge is 0.229 e. The molecule has 33 heavy (non-hydrogen) atoms. The van der Waals surface area contributed by atoms with Crippen molar-refractivity contribution in [3.63, 3.8) is 0 Å². The van der Waals surface area contributed by atoms with Crippen LogP contribution in [0.1, 0.15) is 36.1 Å². The van der Waals surface area contributed by atoms with Gasteiger partial charge in [-0.25, -0.2) is 4.98 Å². The van der Waals surface area contributed by atoms with Crippen LogP contribution < -0.4 is 10.6 Å². The first-order valence-corrected chi connectivity index (χ1v) is 11.2. The van der Waals surface area contributed by atoms with Crippen LogP contribution in [0.5, 0.6) is 0 Å². The number of hydrogen-bond donors (Lipinski definition) is 2. The first-order valence-electron chi connectivity index (χ1n) is 11.2. The van der Waals surface area contributed by atoms with Crippen LogP contribution in [0, 0.1) is 25.2 Å². The van der Waals surface area contributed by atoms with Crippen LogP contribution in [-0.2, 0) is 11.3 Å². The van der Waals surface area contributed by atoms with Crippen LogP contribution in [0.2, 0.25) is 0 Å². The molecule has 3 aromatic rings. The number of nitriles is 1.